The van der Waals surface area contributed by atoms with Crippen LogP contribution in [0.4, 0.5) is 5.69 Å². The molecule has 0 amide bonds. The fourth-order valence-electron chi connectivity index (χ4n) is 0.913. The van der Waals surface area contributed by atoms with Gasteiger partial charge in [-0.3, -0.25) is 0 Å². The lowest BCUT2D eigenvalue weighted by Gasteiger charge is -2.07. The molecule has 1 rings (SSSR count). The molecule has 2 nitrogen and oxygen atoms in total. The molecule has 0 aromatic heterocycles. The standard InChI is InChI=1S/C8H11ClN2/c1-5(10)7-3-2-6(11)4-8(7)9/h2-5H,10-11H2,1H3/t5-/m0/s1. The fraction of sp³-hybridized carbons (Fsp3) is 0.250. The van der Waals surface area contributed by atoms with E-state index in [0.717, 1.165) is 5.56 Å². The third-order valence-electron chi connectivity index (χ3n) is 1.52. The topological polar surface area (TPSA) is 52.0 Å². The molecule has 60 valence electrons. The maximum Gasteiger partial charge on any atom is 0.0474 e. The van der Waals surface area contributed by atoms with Crippen LogP contribution in [0.3, 0.4) is 0 Å². The lowest BCUT2D eigenvalue weighted by molar-refractivity contribution is 0.819. The van der Waals surface area contributed by atoms with Gasteiger partial charge in [0.25, 0.3) is 0 Å². The maximum atomic E-state index is 5.86. The number of nitrogens with two attached hydrogens (primary N) is 2. The second-order valence-electron chi connectivity index (χ2n) is 2.57. The maximum absolute atomic E-state index is 5.86. The second-order valence-corrected chi connectivity index (χ2v) is 2.98. The summed E-state index contributed by atoms with van der Waals surface area (Å²) in [5.74, 6) is 0. The summed E-state index contributed by atoms with van der Waals surface area (Å²) < 4.78 is 0. The summed E-state index contributed by atoms with van der Waals surface area (Å²) in [5, 5.41) is 0.639. The van der Waals surface area contributed by atoms with Crippen molar-refractivity contribution in [2.45, 2.75) is 13.0 Å². The number of hydrogen-bond donors (Lipinski definition) is 2. The Kier molecular flexibility index (Phi) is 2.37. The van der Waals surface area contributed by atoms with E-state index in [1.54, 1.807) is 12.1 Å². The molecular formula is C8H11ClN2. The normalized spacial score (nSPS) is 13.0. The van der Waals surface area contributed by atoms with E-state index in [1.165, 1.54) is 0 Å². The van der Waals surface area contributed by atoms with Crippen LogP contribution in [0, 0.1) is 0 Å². The van der Waals surface area contributed by atoms with Crippen LogP contribution >= 0.6 is 11.6 Å². The van der Waals surface area contributed by atoms with Crippen molar-refractivity contribution < 1.29 is 0 Å². The van der Waals surface area contributed by atoms with Gasteiger partial charge in [0.05, 0.1) is 0 Å². The number of hydrogen-bond acceptors (Lipinski definition) is 2. The van der Waals surface area contributed by atoms with Gasteiger partial charge in [-0.1, -0.05) is 17.7 Å². The van der Waals surface area contributed by atoms with E-state index in [2.05, 4.69) is 0 Å². The van der Waals surface area contributed by atoms with Crippen molar-refractivity contribution in [2.24, 2.45) is 5.73 Å². The Labute approximate surface area is 71.1 Å². The zero-order valence-electron chi connectivity index (χ0n) is 6.34. The molecule has 0 saturated carbocycles. The lowest BCUT2D eigenvalue weighted by atomic mass is 10.1. The molecule has 0 aliphatic carbocycles. The minimum atomic E-state index is -0.0388. The molecule has 0 radical (unpaired) electrons. The van der Waals surface area contributed by atoms with E-state index in [0.29, 0.717) is 10.7 Å². The molecule has 0 spiro atoms. The Morgan fingerprint density at radius 2 is 2.09 bits per heavy atom. The van der Waals surface area contributed by atoms with Crippen LogP contribution in [0.1, 0.15) is 18.5 Å². The predicted molar refractivity (Wildman–Crippen MR) is 48.5 cm³/mol. The summed E-state index contributed by atoms with van der Waals surface area (Å²) in [5.41, 5.74) is 12.7. The zero-order chi connectivity index (χ0) is 8.43. The Morgan fingerprint density at radius 1 is 1.45 bits per heavy atom. The predicted octanol–water partition coefficient (Wildman–Crippen LogP) is 1.94. The summed E-state index contributed by atoms with van der Waals surface area (Å²) >= 11 is 5.86. The van der Waals surface area contributed by atoms with E-state index in [1.807, 2.05) is 13.0 Å². The van der Waals surface area contributed by atoms with Gasteiger partial charge in [0.2, 0.25) is 0 Å². The number of benzene rings is 1. The van der Waals surface area contributed by atoms with E-state index in [9.17, 15) is 0 Å². The first kappa shape index (κ1) is 8.37. The van der Waals surface area contributed by atoms with E-state index in [4.69, 9.17) is 23.1 Å². The van der Waals surface area contributed by atoms with Gasteiger partial charge in [-0.2, -0.15) is 0 Å². The first-order valence-electron chi connectivity index (χ1n) is 3.42. The van der Waals surface area contributed by atoms with Crippen molar-refractivity contribution in [1.29, 1.82) is 0 Å². The van der Waals surface area contributed by atoms with Crippen LogP contribution in [-0.4, -0.2) is 0 Å². The lowest BCUT2D eigenvalue weighted by Crippen LogP contribution is -2.05. The van der Waals surface area contributed by atoms with Crippen LogP contribution in [0.5, 0.6) is 0 Å². The van der Waals surface area contributed by atoms with Gasteiger partial charge in [-0.05, 0) is 24.6 Å². The van der Waals surface area contributed by atoms with Crippen LogP contribution in [0.15, 0.2) is 18.2 Å². The van der Waals surface area contributed by atoms with Gasteiger partial charge < -0.3 is 11.5 Å². The summed E-state index contributed by atoms with van der Waals surface area (Å²) in [6.45, 7) is 1.89. The monoisotopic (exact) mass is 170 g/mol. The van der Waals surface area contributed by atoms with E-state index < -0.39 is 0 Å². The molecular weight excluding hydrogens is 160 g/mol. The van der Waals surface area contributed by atoms with Crippen molar-refractivity contribution in [2.75, 3.05) is 5.73 Å². The Balaban J connectivity index is 3.09. The molecule has 0 aliphatic heterocycles. The molecule has 0 unspecified atom stereocenters. The van der Waals surface area contributed by atoms with Gasteiger partial charge >= 0.3 is 0 Å². The van der Waals surface area contributed by atoms with Crippen LogP contribution in [0.25, 0.3) is 0 Å². The first-order valence-corrected chi connectivity index (χ1v) is 3.79. The third-order valence-corrected chi connectivity index (χ3v) is 1.84. The molecule has 0 bridgehead atoms. The minimum Gasteiger partial charge on any atom is -0.399 e. The van der Waals surface area contributed by atoms with Gasteiger partial charge in [-0.15, -0.1) is 0 Å². The van der Waals surface area contributed by atoms with E-state index >= 15 is 0 Å². The smallest absolute Gasteiger partial charge is 0.0474 e. The quantitative estimate of drug-likeness (QED) is 0.633. The minimum absolute atomic E-state index is 0.0388. The number of nitrogen functional groups attached to an aromatic ring is 1. The molecule has 0 aliphatic rings. The van der Waals surface area contributed by atoms with Gasteiger partial charge in [0.1, 0.15) is 0 Å². The molecule has 4 N–H and O–H groups in total. The molecule has 0 saturated heterocycles. The van der Waals surface area contributed by atoms with E-state index in [-0.39, 0.29) is 6.04 Å². The van der Waals surface area contributed by atoms with Crippen LogP contribution in [0.2, 0.25) is 5.02 Å². The molecule has 0 heterocycles. The average Bonchev–Trinajstić information content (AvgIpc) is 1.85. The third kappa shape index (κ3) is 1.85. The summed E-state index contributed by atoms with van der Waals surface area (Å²) in [6, 6.07) is 5.32. The molecule has 0 fully saturated rings. The van der Waals surface area contributed by atoms with Crippen LogP contribution in [-0.2, 0) is 0 Å². The summed E-state index contributed by atoms with van der Waals surface area (Å²) in [6.07, 6.45) is 0. The van der Waals surface area contributed by atoms with Gasteiger partial charge in [-0.25, -0.2) is 0 Å². The van der Waals surface area contributed by atoms with Gasteiger partial charge in [0, 0.05) is 16.8 Å². The SMILES string of the molecule is C[C@H](N)c1ccc(N)cc1Cl. The zero-order valence-corrected chi connectivity index (χ0v) is 7.10. The van der Waals surface area contributed by atoms with Crippen LogP contribution < -0.4 is 11.5 Å². The Morgan fingerprint density at radius 3 is 2.55 bits per heavy atom. The van der Waals surface area contributed by atoms with Crippen molar-refractivity contribution >= 4 is 17.3 Å². The van der Waals surface area contributed by atoms with Gasteiger partial charge in [0.15, 0.2) is 0 Å². The van der Waals surface area contributed by atoms with Crippen molar-refractivity contribution in [3.05, 3.63) is 28.8 Å². The second kappa shape index (κ2) is 3.11. The van der Waals surface area contributed by atoms with Crippen molar-refractivity contribution in [1.82, 2.24) is 0 Å². The number of rotatable bonds is 1. The highest BCUT2D eigenvalue weighted by atomic mass is 35.5. The number of anilines is 1. The summed E-state index contributed by atoms with van der Waals surface area (Å²) in [7, 11) is 0. The first-order chi connectivity index (χ1) is 5.11. The van der Waals surface area contributed by atoms with Crippen molar-refractivity contribution in [3.8, 4) is 0 Å². The Hall–Kier alpha value is -0.730. The largest absolute Gasteiger partial charge is 0.399 e. The molecule has 3 heteroatoms. The summed E-state index contributed by atoms with van der Waals surface area (Å²) in [4.78, 5) is 0. The molecule has 1 atom stereocenters. The average molecular weight is 171 g/mol. The highest BCUT2D eigenvalue weighted by Crippen LogP contribution is 2.23. The fourth-order valence-corrected chi connectivity index (χ4v) is 1.27. The van der Waals surface area contributed by atoms with Crippen molar-refractivity contribution in [3.63, 3.8) is 0 Å². The molecule has 1 aromatic rings. The number of halogens is 1. The molecule has 11 heavy (non-hydrogen) atoms. The Bertz CT molecular complexity index is 258. The highest BCUT2D eigenvalue weighted by Gasteiger charge is 2.03. The highest BCUT2D eigenvalue weighted by molar-refractivity contribution is 6.31. The molecule has 1 aromatic carbocycles.